The Hall–Kier alpha value is -1.85. The fourth-order valence-corrected chi connectivity index (χ4v) is 3.19. The molecule has 0 bridgehead atoms. The molecule has 1 fully saturated rings. The van der Waals surface area contributed by atoms with Gasteiger partial charge in [0.2, 0.25) is 0 Å². The van der Waals surface area contributed by atoms with E-state index in [1.54, 1.807) is 0 Å². The second-order valence-corrected chi connectivity index (χ2v) is 6.24. The molecule has 1 saturated heterocycles. The van der Waals surface area contributed by atoms with Crippen LogP contribution in [0.1, 0.15) is 34.6 Å². The summed E-state index contributed by atoms with van der Waals surface area (Å²) in [7, 11) is 1.99. The zero-order valence-electron chi connectivity index (χ0n) is 14.5. The van der Waals surface area contributed by atoms with E-state index in [0.717, 1.165) is 48.6 Å². The highest BCUT2D eigenvalue weighted by Gasteiger charge is 2.22. The number of carbonyl (C=O) groups excluding carboxylic acids is 1. The van der Waals surface area contributed by atoms with Gasteiger partial charge < -0.3 is 10.2 Å². The molecule has 1 N–H and O–H groups in total. The molecule has 5 nitrogen and oxygen atoms in total. The van der Waals surface area contributed by atoms with E-state index in [9.17, 15) is 4.79 Å². The lowest BCUT2D eigenvalue weighted by Crippen LogP contribution is -2.43. The van der Waals surface area contributed by atoms with E-state index in [2.05, 4.69) is 10.4 Å². The van der Waals surface area contributed by atoms with E-state index < -0.39 is 0 Å². The number of benzene rings is 1. The van der Waals surface area contributed by atoms with Gasteiger partial charge in [0.25, 0.3) is 5.91 Å². The van der Waals surface area contributed by atoms with Gasteiger partial charge in [0.1, 0.15) is 0 Å². The van der Waals surface area contributed by atoms with Gasteiger partial charge in [-0.3, -0.25) is 4.79 Å². The molecular formula is C18H25ClN4O. The van der Waals surface area contributed by atoms with Gasteiger partial charge in [-0.2, -0.15) is 5.10 Å². The third kappa shape index (κ3) is 3.79. The van der Waals surface area contributed by atoms with E-state index in [4.69, 9.17) is 0 Å². The maximum absolute atomic E-state index is 12.6. The summed E-state index contributed by atoms with van der Waals surface area (Å²) >= 11 is 0. The van der Waals surface area contributed by atoms with Crippen molar-refractivity contribution in [3.05, 3.63) is 47.3 Å². The summed E-state index contributed by atoms with van der Waals surface area (Å²) < 4.78 is 1.90. The van der Waals surface area contributed by atoms with E-state index in [0.29, 0.717) is 6.04 Å². The summed E-state index contributed by atoms with van der Waals surface area (Å²) in [6, 6.07) is 10.3. The molecule has 130 valence electrons. The van der Waals surface area contributed by atoms with E-state index in [-0.39, 0.29) is 18.3 Å². The first-order valence-corrected chi connectivity index (χ1v) is 8.18. The number of nitrogens with one attached hydrogen (secondary N) is 1. The second-order valence-electron chi connectivity index (χ2n) is 6.24. The SMILES string of the molecule is CNC1CCN(C(=O)c2ccc(-n3nc(C)cc3C)cc2)CC1.Cl. The first-order valence-electron chi connectivity index (χ1n) is 8.18. The Kier molecular flexibility index (Phi) is 6.02. The molecule has 0 aliphatic carbocycles. The molecule has 0 saturated carbocycles. The maximum atomic E-state index is 12.6. The lowest BCUT2D eigenvalue weighted by atomic mass is 10.0. The molecule has 2 heterocycles. The van der Waals surface area contributed by atoms with Crippen molar-refractivity contribution >= 4 is 18.3 Å². The number of hydrogen-bond donors (Lipinski definition) is 1. The topological polar surface area (TPSA) is 50.2 Å². The second kappa shape index (κ2) is 7.81. The van der Waals surface area contributed by atoms with Crippen LogP contribution >= 0.6 is 12.4 Å². The fraction of sp³-hybridized carbons (Fsp3) is 0.444. The molecule has 1 aromatic heterocycles. The van der Waals surface area contributed by atoms with Crippen LogP contribution in [0.4, 0.5) is 0 Å². The van der Waals surface area contributed by atoms with Crippen molar-refractivity contribution in [3.63, 3.8) is 0 Å². The van der Waals surface area contributed by atoms with Crippen LogP contribution in [0.15, 0.2) is 30.3 Å². The smallest absolute Gasteiger partial charge is 0.253 e. The highest BCUT2D eigenvalue weighted by atomic mass is 35.5. The molecule has 1 aliphatic heterocycles. The molecule has 1 aromatic carbocycles. The number of amides is 1. The summed E-state index contributed by atoms with van der Waals surface area (Å²) in [5.41, 5.74) is 3.82. The molecular weight excluding hydrogens is 324 g/mol. The zero-order chi connectivity index (χ0) is 16.4. The van der Waals surface area contributed by atoms with E-state index in [1.807, 2.05) is 60.8 Å². The number of likely N-dealkylation sites (tertiary alicyclic amines) is 1. The lowest BCUT2D eigenvalue weighted by molar-refractivity contribution is 0.0707. The average Bonchev–Trinajstić information content (AvgIpc) is 2.93. The molecule has 0 atom stereocenters. The predicted octanol–water partition coefficient (Wildman–Crippen LogP) is 2.73. The molecule has 2 aromatic rings. The molecule has 6 heteroatoms. The van der Waals surface area contributed by atoms with Crippen LogP contribution in [-0.2, 0) is 0 Å². The maximum Gasteiger partial charge on any atom is 0.253 e. The Morgan fingerprint density at radius 2 is 1.79 bits per heavy atom. The van der Waals surface area contributed by atoms with Crippen molar-refractivity contribution in [1.82, 2.24) is 20.0 Å². The van der Waals surface area contributed by atoms with Gasteiger partial charge in [-0.1, -0.05) is 0 Å². The van der Waals surface area contributed by atoms with Crippen LogP contribution in [-0.4, -0.2) is 46.8 Å². The summed E-state index contributed by atoms with van der Waals surface area (Å²) in [5.74, 6) is 0.125. The Balaban J connectivity index is 0.00000208. The first-order chi connectivity index (χ1) is 11.1. The number of aryl methyl sites for hydroxylation is 2. The van der Waals surface area contributed by atoms with Gasteiger partial charge in [0.05, 0.1) is 11.4 Å². The number of piperidine rings is 1. The van der Waals surface area contributed by atoms with Gasteiger partial charge >= 0.3 is 0 Å². The minimum Gasteiger partial charge on any atom is -0.339 e. The number of hydrogen-bond acceptors (Lipinski definition) is 3. The number of halogens is 1. The van der Waals surface area contributed by atoms with E-state index >= 15 is 0 Å². The highest BCUT2D eigenvalue weighted by molar-refractivity contribution is 5.94. The van der Waals surface area contributed by atoms with Gasteiger partial charge in [-0.15, -0.1) is 12.4 Å². The Labute approximate surface area is 149 Å². The standard InChI is InChI=1S/C18H24N4O.ClH/c1-13-12-14(2)22(20-13)17-6-4-15(5-7-17)18(23)21-10-8-16(19-3)9-11-21;/h4-7,12,16,19H,8-11H2,1-3H3;1H. The highest BCUT2D eigenvalue weighted by Crippen LogP contribution is 2.17. The molecule has 0 unspecified atom stereocenters. The van der Waals surface area contributed by atoms with Crippen LogP contribution in [0.5, 0.6) is 0 Å². The van der Waals surface area contributed by atoms with Crippen molar-refractivity contribution in [2.45, 2.75) is 32.7 Å². The van der Waals surface area contributed by atoms with Gasteiger partial charge in [-0.05, 0) is 64.1 Å². The molecule has 0 spiro atoms. The number of rotatable bonds is 3. The van der Waals surface area contributed by atoms with Crippen LogP contribution in [0, 0.1) is 13.8 Å². The molecule has 0 radical (unpaired) electrons. The summed E-state index contributed by atoms with van der Waals surface area (Å²) in [5, 5.41) is 7.77. The minimum atomic E-state index is 0. The van der Waals surface area contributed by atoms with Crippen LogP contribution in [0.25, 0.3) is 5.69 Å². The largest absolute Gasteiger partial charge is 0.339 e. The van der Waals surface area contributed by atoms with Crippen LogP contribution in [0.3, 0.4) is 0 Å². The number of carbonyl (C=O) groups is 1. The fourth-order valence-electron chi connectivity index (χ4n) is 3.19. The summed E-state index contributed by atoms with van der Waals surface area (Å²) in [6.45, 7) is 5.66. The molecule has 1 aliphatic rings. The van der Waals surface area contributed by atoms with Crippen molar-refractivity contribution in [2.24, 2.45) is 0 Å². The third-order valence-electron chi connectivity index (χ3n) is 4.56. The lowest BCUT2D eigenvalue weighted by Gasteiger charge is -2.31. The van der Waals surface area contributed by atoms with Gasteiger partial charge in [-0.25, -0.2) is 4.68 Å². The summed E-state index contributed by atoms with van der Waals surface area (Å²) in [4.78, 5) is 14.5. The predicted molar refractivity (Wildman–Crippen MR) is 98.3 cm³/mol. The van der Waals surface area contributed by atoms with Gasteiger partial charge in [0, 0.05) is 30.4 Å². The summed E-state index contributed by atoms with van der Waals surface area (Å²) in [6.07, 6.45) is 2.04. The van der Waals surface area contributed by atoms with E-state index in [1.165, 1.54) is 0 Å². The van der Waals surface area contributed by atoms with Gasteiger partial charge in [0.15, 0.2) is 0 Å². The number of nitrogens with zero attached hydrogens (tertiary/aromatic N) is 3. The van der Waals surface area contributed by atoms with Crippen molar-refractivity contribution < 1.29 is 4.79 Å². The zero-order valence-corrected chi connectivity index (χ0v) is 15.3. The number of aromatic nitrogens is 2. The normalized spacial score (nSPS) is 15.2. The van der Waals surface area contributed by atoms with Crippen molar-refractivity contribution in [1.29, 1.82) is 0 Å². The van der Waals surface area contributed by atoms with Crippen molar-refractivity contribution in [2.75, 3.05) is 20.1 Å². The Morgan fingerprint density at radius 3 is 2.29 bits per heavy atom. The third-order valence-corrected chi connectivity index (χ3v) is 4.56. The van der Waals surface area contributed by atoms with Crippen LogP contribution in [0.2, 0.25) is 0 Å². The average molecular weight is 349 g/mol. The monoisotopic (exact) mass is 348 g/mol. The minimum absolute atomic E-state index is 0. The quantitative estimate of drug-likeness (QED) is 0.927. The Bertz CT molecular complexity index is 688. The first kappa shape index (κ1) is 18.5. The molecule has 3 rings (SSSR count). The Morgan fingerprint density at radius 1 is 1.17 bits per heavy atom. The van der Waals surface area contributed by atoms with Crippen LogP contribution < -0.4 is 5.32 Å². The van der Waals surface area contributed by atoms with Crippen molar-refractivity contribution in [3.8, 4) is 5.69 Å². The molecule has 1 amide bonds. The molecule has 24 heavy (non-hydrogen) atoms.